The summed E-state index contributed by atoms with van der Waals surface area (Å²) in [6.07, 6.45) is 1.19. The molecule has 0 aliphatic carbocycles. The fraction of sp³-hybridized carbons (Fsp3) is 0.455. The van der Waals surface area contributed by atoms with E-state index in [1.54, 1.807) is 0 Å². The van der Waals surface area contributed by atoms with Crippen molar-refractivity contribution in [3.8, 4) is 11.3 Å². The Kier molecular flexibility index (Phi) is 12.7. The maximum atomic E-state index is 5.07. The second-order valence-corrected chi connectivity index (χ2v) is 16.0. The number of hydrogen-bond donors (Lipinski definition) is 0. The zero-order chi connectivity index (χ0) is 35.8. The van der Waals surface area contributed by atoms with E-state index in [0.29, 0.717) is 23.9 Å². The van der Waals surface area contributed by atoms with Crippen LogP contribution in [-0.4, -0.2) is 32.8 Å². The molecule has 4 aromatic carbocycles. The molecule has 0 fully saturated rings. The number of aromatic nitrogens is 3. The first-order valence-corrected chi connectivity index (χ1v) is 18.1. The van der Waals surface area contributed by atoms with Gasteiger partial charge in [0.25, 0.3) is 0 Å². The number of fused-ring (bicyclic) bond motifs is 5. The van der Waals surface area contributed by atoms with Crippen LogP contribution in [-0.2, 0) is 39.0 Å². The molecule has 6 heteroatoms. The third-order valence-corrected chi connectivity index (χ3v) is 9.01. The molecule has 0 atom stereocenters. The minimum atomic E-state index is -0.00821. The summed E-state index contributed by atoms with van der Waals surface area (Å²) in [5, 5.41) is 15.3. The molecule has 0 amide bonds. The minimum absolute atomic E-state index is 0. The topological polar surface area (TPSA) is 58.9 Å². The molecule has 0 radical (unpaired) electrons. The van der Waals surface area contributed by atoms with Crippen molar-refractivity contribution in [2.24, 2.45) is 18.9 Å². The van der Waals surface area contributed by atoms with Gasteiger partial charge in [-0.1, -0.05) is 135 Å². The zero-order valence-electron chi connectivity index (χ0n) is 32.4. The monoisotopic (exact) mass is 847 g/mol. The molecule has 0 bridgehead atoms. The van der Waals surface area contributed by atoms with Crippen LogP contribution in [0.25, 0.3) is 65.4 Å². The molecule has 0 saturated carbocycles. The van der Waals surface area contributed by atoms with Gasteiger partial charge < -0.3 is 15.2 Å². The van der Waals surface area contributed by atoms with Crippen LogP contribution in [0.3, 0.4) is 0 Å². The molecule has 2 heterocycles. The quantitative estimate of drug-likeness (QED) is 0.143. The molecule has 5 nitrogen and oxygen atoms in total. The molecule has 266 valence electrons. The third kappa shape index (κ3) is 8.48. The Balaban J connectivity index is 0.000000373. The van der Waals surface area contributed by atoms with Crippen molar-refractivity contribution >= 4 is 43.5 Å². The van der Waals surface area contributed by atoms with Crippen LogP contribution in [0.4, 0.5) is 0 Å². The smallest absolute Gasteiger partial charge is 0.675 e. The molecular weight excluding hydrogens is 791 g/mol. The number of nitrogens with zero attached hydrogens (tertiary/aromatic N) is 5. The number of hydrogen-bond acceptors (Lipinski definition) is 2. The average Bonchev–Trinajstić information content (AvgIpc) is 3.29. The van der Waals surface area contributed by atoms with E-state index in [9.17, 15) is 0 Å². The molecule has 0 unspecified atom stereocenters. The summed E-state index contributed by atoms with van der Waals surface area (Å²) in [4.78, 5) is 10.1. The summed E-state index contributed by atoms with van der Waals surface area (Å²) in [6, 6.07) is 26.4. The molecule has 6 aromatic rings. The van der Waals surface area contributed by atoms with Gasteiger partial charge in [0.15, 0.2) is 0 Å². The van der Waals surface area contributed by atoms with E-state index in [0.717, 1.165) is 39.9 Å². The third-order valence-electron chi connectivity index (χ3n) is 9.01. The average molecular weight is 847 g/mol. The van der Waals surface area contributed by atoms with E-state index in [2.05, 4.69) is 165 Å². The molecule has 0 N–H and O–H groups in total. The molecule has 6 rings (SSSR count). The number of aryl methyl sites for hydroxylation is 2. The van der Waals surface area contributed by atoms with Gasteiger partial charge in [0, 0.05) is 18.1 Å². The van der Waals surface area contributed by atoms with E-state index in [1.165, 1.54) is 38.2 Å². The van der Waals surface area contributed by atoms with Crippen LogP contribution in [0, 0.1) is 24.8 Å². The molecule has 0 saturated heterocycles. The molecule has 50 heavy (non-hydrogen) atoms. The summed E-state index contributed by atoms with van der Waals surface area (Å²) < 4.78 is 2.30. The second kappa shape index (κ2) is 16.0. The van der Waals surface area contributed by atoms with Gasteiger partial charge in [-0.25, -0.2) is 11.1 Å². The fourth-order valence-corrected chi connectivity index (χ4v) is 6.89. The van der Waals surface area contributed by atoms with Crippen LogP contribution in [0.2, 0.25) is 0 Å². The predicted octanol–water partition coefficient (Wildman–Crippen LogP) is 12.2. The van der Waals surface area contributed by atoms with Gasteiger partial charge in [-0.05, 0) is 47.1 Å². The SMILES string of the molecule is CC(C)[N-]C([N-]C(C)C)C(C)C.Cc1nc(-c2[c-]c3ccccc3c(C(C)(C)C)c2)c2c(n1)c1c(CC(C)C)c3ccccc3cc1n2C.[Ir+3]. The molecule has 2 aromatic heterocycles. The van der Waals surface area contributed by atoms with E-state index < -0.39 is 0 Å². The van der Waals surface area contributed by atoms with Crippen LogP contribution in [0.5, 0.6) is 0 Å². The van der Waals surface area contributed by atoms with Crippen molar-refractivity contribution in [1.82, 2.24) is 14.5 Å². The number of rotatable bonds is 8. The first-order chi connectivity index (χ1) is 23.1. The van der Waals surface area contributed by atoms with E-state index in [1.807, 2.05) is 6.92 Å². The van der Waals surface area contributed by atoms with Gasteiger partial charge in [0.1, 0.15) is 5.82 Å². The summed E-state index contributed by atoms with van der Waals surface area (Å²) in [6.45, 7) is 26.2. The maximum absolute atomic E-state index is 5.07. The van der Waals surface area contributed by atoms with Crippen molar-refractivity contribution in [1.29, 1.82) is 0 Å². The van der Waals surface area contributed by atoms with Gasteiger partial charge in [-0.2, -0.15) is 0 Å². The van der Waals surface area contributed by atoms with Crippen molar-refractivity contribution in [3.63, 3.8) is 0 Å². The maximum Gasteiger partial charge on any atom is 3.00 e. The Morgan fingerprint density at radius 3 is 1.98 bits per heavy atom. The van der Waals surface area contributed by atoms with Gasteiger partial charge >= 0.3 is 20.1 Å². The van der Waals surface area contributed by atoms with Crippen molar-refractivity contribution in [3.05, 3.63) is 94.3 Å². The minimum Gasteiger partial charge on any atom is -0.675 e. The Morgan fingerprint density at radius 1 is 0.800 bits per heavy atom. The van der Waals surface area contributed by atoms with Crippen LogP contribution in [0.15, 0.2) is 60.7 Å². The summed E-state index contributed by atoms with van der Waals surface area (Å²) in [5.74, 6) is 1.85. The van der Waals surface area contributed by atoms with Gasteiger partial charge in [0.05, 0.1) is 16.6 Å². The van der Waals surface area contributed by atoms with Crippen molar-refractivity contribution in [2.45, 2.75) is 113 Å². The van der Waals surface area contributed by atoms with Crippen molar-refractivity contribution < 1.29 is 20.1 Å². The van der Waals surface area contributed by atoms with Gasteiger partial charge in [0.2, 0.25) is 0 Å². The van der Waals surface area contributed by atoms with Crippen LogP contribution >= 0.6 is 0 Å². The van der Waals surface area contributed by atoms with E-state index in [-0.39, 0.29) is 31.7 Å². The summed E-state index contributed by atoms with van der Waals surface area (Å²) in [7, 11) is 2.16. The van der Waals surface area contributed by atoms with Gasteiger partial charge in [-0.3, -0.25) is 4.98 Å². The Hall–Kier alpha value is -3.15. The fourth-order valence-electron chi connectivity index (χ4n) is 6.89. The Labute approximate surface area is 314 Å². The molecular formula is C44H56IrN5. The first-order valence-electron chi connectivity index (χ1n) is 18.1. The Bertz CT molecular complexity index is 2070. The summed E-state index contributed by atoms with van der Waals surface area (Å²) in [5.41, 5.74) is 8.00. The second-order valence-electron chi connectivity index (χ2n) is 16.0. The molecule has 0 spiro atoms. The largest absolute Gasteiger partial charge is 3.00 e. The molecule has 0 aliphatic rings. The molecule has 0 aliphatic heterocycles. The number of benzene rings is 4. The predicted molar refractivity (Wildman–Crippen MR) is 213 cm³/mol. The van der Waals surface area contributed by atoms with Crippen LogP contribution in [0.1, 0.15) is 93.1 Å². The normalized spacial score (nSPS) is 12.3. The van der Waals surface area contributed by atoms with E-state index in [4.69, 9.17) is 9.97 Å². The van der Waals surface area contributed by atoms with Gasteiger partial charge in [-0.15, -0.1) is 41.2 Å². The summed E-state index contributed by atoms with van der Waals surface area (Å²) >= 11 is 0. The first kappa shape index (κ1) is 39.6. The van der Waals surface area contributed by atoms with Crippen LogP contribution < -0.4 is 0 Å². The Morgan fingerprint density at radius 2 is 1.40 bits per heavy atom. The standard InChI is InChI=1S/C34H34N3.C10H22N2.Ir/c1-20(2)16-27-25-14-10-8-13-23(25)19-29-30(27)32-33(37(29)7)31(35-21(3)36-32)24-17-22-12-9-11-15-26(22)28(18-24)34(4,5)6;1-7(2)10(11-8(3)4)12-9(5)6;/h8-15,18-20H,16H2,1-7H3;7-10H,1-6H3;/q-1;-2;+3. The van der Waals surface area contributed by atoms with E-state index >= 15 is 0 Å². The van der Waals surface area contributed by atoms with Crippen molar-refractivity contribution in [2.75, 3.05) is 0 Å². The zero-order valence-corrected chi connectivity index (χ0v) is 34.8.